The summed E-state index contributed by atoms with van der Waals surface area (Å²) < 4.78 is 5.29. The summed E-state index contributed by atoms with van der Waals surface area (Å²) in [5, 5.41) is 8.08. The van der Waals surface area contributed by atoms with Gasteiger partial charge in [-0.1, -0.05) is 19.0 Å². The second kappa shape index (κ2) is 7.57. The minimum Gasteiger partial charge on any atom is -0.359 e. The highest BCUT2D eigenvalue weighted by Gasteiger charge is 2.21. The van der Waals surface area contributed by atoms with Crippen molar-refractivity contribution in [3.8, 4) is 0 Å². The molecule has 2 heterocycles. The number of aryl methyl sites for hydroxylation is 1. The summed E-state index contributed by atoms with van der Waals surface area (Å²) >= 11 is 2.06. The van der Waals surface area contributed by atoms with Gasteiger partial charge in [0.05, 0.1) is 12.2 Å². The molecule has 112 valence electrons. The zero-order valence-corrected chi connectivity index (χ0v) is 13.4. The van der Waals surface area contributed by atoms with E-state index in [2.05, 4.69) is 46.0 Å². The van der Waals surface area contributed by atoms with Crippen LogP contribution in [0.2, 0.25) is 0 Å². The number of rotatable bonds is 4. The standard InChI is InChI=1S/C14H24N4OS/c1-4-11-8-12(19-17-11)9-16-14(15-3)18-6-7-20-13(5-2)10-18/h8,13H,4-7,9-10H2,1-3H3,(H,15,16). The molecule has 0 bridgehead atoms. The van der Waals surface area contributed by atoms with Gasteiger partial charge >= 0.3 is 0 Å². The van der Waals surface area contributed by atoms with Crippen molar-refractivity contribution in [3.63, 3.8) is 0 Å². The minimum absolute atomic E-state index is 0.639. The van der Waals surface area contributed by atoms with Crippen LogP contribution in [0, 0.1) is 0 Å². The van der Waals surface area contributed by atoms with Crippen molar-refractivity contribution in [2.24, 2.45) is 4.99 Å². The molecular formula is C14H24N4OS. The fourth-order valence-electron chi connectivity index (χ4n) is 2.26. The molecule has 6 heteroatoms. The van der Waals surface area contributed by atoms with Crippen LogP contribution in [0.15, 0.2) is 15.6 Å². The number of nitrogens with one attached hydrogen (secondary N) is 1. The van der Waals surface area contributed by atoms with Crippen LogP contribution in [0.4, 0.5) is 0 Å². The van der Waals surface area contributed by atoms with E-state index in [0.717, 1.165) is 36.9 Å². The molecule has 0 amide bonds. The lowest BCUT2D eigenvalue weighted by atomic mass is 10.3. The number of guanidine groups is 1. The Bertz CT molecular complexity index is 446. The summed E-state index contributed by atoms with van der Waals surface area (Å²) in [7, 11) is 1.84. The number of aliphatic imine (C=N–C) groups is 1. The van der Waals surface area contributed by atoms with E-state index >= 15 is 0 Å². The van der Waals surface area contributed by atoms with Gasteiger partial charge in [0, 0.05) is 37.2 Å². The molecule has 1 aromatic rings. The normalized spacial score (nSPS) is 20.2. The van der Waals surface area contributed by atoms with Crippen molar-refractivity contribution in [2.75, 3.05) is 25.9 Å². The molecule has 1 unspecified atom stereocenters. The van der Waals surface area contributed by atoms with Crippen LogP contribution in [-0.4, -0.2) is 47.2 Å². The lowest BCUT2D eigenvalue weighted by Gasteiger charge is -2.34. The number of hydrogen-bond acceptors (Lipinski definition) is 4. The van der Waals surface area contributed by atoms with Gasteiger partial charge in [-0.15, -0.1) is 0 Å². The highest BCUT2D eigenvalue weighted by Crippen LogP contribution is 2.21. The third-order valence-corrected chi connectivity index (χ3v) is 4.87. The fraction of sp³-hybridized carbons (Fsp3) is 0.714. The monoisotopic (exact) mass is 296 g/mol. The van der Waals surface area contributed by atoms with Gasteiger partial charge in [0.2, 0.25) is 0 Å². The first-order chi connectivity index (χ1) is 9.76. The Hall–Kier alpha value is -1.17. The number of aromatic nitrogens is 1. The third kappa shape index (κ3) is 3.91. The maximum absolute atomic E-state index is 5.29. The van der Waals surface area contributed by atoms with Crippen molar-refractivity contribution in [1.82, 2.24) is 15.4 Å². The van der Waals surface area contributed by atoms with Crippen molar-refractivity contribution >= 4 is 17.7 Å². The maximum Gasteiger partial charge on any atom is 0.194 e. The Kier molecular flexibility index (Phi) is 5.76. The van der Waals surface area contributed by atoms with Crippen LogP contribution in [0.5, 0.6) is 0 Å². The molecule has 1 fully saturated rings. The van der Waals surface area contributed by atoms with Gasteiger partial charge in [0.15, 0.2) is 11.7 Å². The predicted molar refractivity (Wildman–Crippen MR) is 84.2 cm³/mol. The second-order valence-electron chi connectivity index (χ2n) is 4.89. The summed E-state index contributed by atoms with van der Waals surface area (Å²) in [6.07, 6.45) is 2.11. The average molecular weight is 296 g/mol. The van der Waals surface area contributed by atoms with E-state index < -0.39 is 0 Å². The lowest BCUT2D eigenvalue weighted by Crippen LogP contribution is -2.47. The van der Waals surface area contributed by atoms with E-state index in [1.807, 2.05) is 13.1 Å². The summed E-state index contributed by atoms with van der Waals surface area (Å²) in [5.41, 5.74) is 0.997. The third-order valence-electron chi connectivity index (χ3n) is 3.50. The highest BCUT2D eigenvalue weighted by atomic mass is 32.2. The molecule has 1 atom stereocenters. The van der Waals surface area contributed by atoms with Gasteiger partial charge in [-0.05, 0) is 12.8 Å². The van der Waals surface area contributed by atoms with Gasteiger partial charge in [0.25, 0.3) is 0 Å². The van der Waals surface area contributed by atoms with Gasteiger partial charge in [-0.2, -0.15) is 11.8 Å². The molecular weight excluding hydrogens is 272 g/mol. The van der Waals surface area contributed by atoms with Crippen LogP contribution in [0.1, 0.15) is 31.7 Å². The van der Waals surface area contributed by atoms with Crippen LogP contribution in [0.25, 0.3) is 0 Å². The van der Waals surface area contributed by atoms with Crippen LogP contribution in [0.3, 0.4) is 0 Å². The van der Waals surface area contributed by atoms with Gasteiger partial charge in [-0.3, -0.25) is 4.99 Å². The lowest BCUT2D eigenvalue weighted by molar-refractivity contribution is 0.366. The molecule has 0 aromatic carbocycles. The summed E-state index contributed by atoms with van der Waals surface area (Å²) in [4.78, 5) is 6.72. The SMILES string of the molecule is CCc1cc(CNC(=NC)N2CCSC(CC)C2)on1. The first-order valence-electron chi connectivity index (χ1n) is 7.28. The number of hydrogen-bond donors (Lipinski definition) is 1. The summed E-state index contributed by atoms with van der Waals surface area (Å²) in [6.45, 7) is 7.08. The number of nitrogens with zero attached hydrogens (tertiary/aromatic N) is 3. The molecule has 1 saturated heterocycles. The van der Waals surface area contributed by atoms with Crippen molar-refractivity contribution in [1.29, 1.82) is 0 Å². The number of thioether (sulfide) groups is 1. The van der Waals surface area contributed by atoms with E-state index in [1.165, 1.54) is 12.2 Å². The minimum atomic E-state index is 0.639. The molecule has 0 radical (unpaired) electrons. The molecule has 0 spiro atoms. The summed E-state index contributed by atoms with van der Waals surface area (Å²) in [6, 6.07) is 2.00. The average Bonchev–Trinajstić information content (AvgIpc) is 2.96. The molecule has 1 aliphatic rings. The van der Waals surface area contributed by atoms with Crippen molar-refractivity contribution < 1.29 is 4.52 Å². The van der Waals surface area contributed by atoms with E-state index in [-0.39, 0.29) is 0 Å². The zero-order valence-electron chi connectivity index (χ0n) is 12.6. The van der Waals surface area contributed by atoms with Crippen LogP contribution >= 0.6 is 11.8 Å². The highest BCUT2D eigenvalue weighted by molar-refractivity contribution is 8.00. The summed E-state index contributed by atoms with van der Waals surface area (Å²) in [5.74, 6) is 2.99. The Balaban J connectivity index is 1.88. The van der Waals surface area contributed by atoms with Gasteiger partial charge in [-0.25, -0.2) is 0 Å². The Morgan fingerprint density at radius 1 is 1.60 bits per heavy atom. The molecule has 2 rings (SSSR count). The second-order valence-corrected chi connectivity index (χ2v) is 6.29. The Labute approximate surface area is 125 Å². The zero-order chi connectivity index (χ0) is 14.4. The largest absolute Gasteiger partial charge is 0.359 e. The quantitative estimate of drug-likeness (QED) is 0.681. The topological polar surface area (TPSA) is 53.7 Å². The fourth-order valence-corrected chi connectivity index (χ4v) is 3.44. The first kappa shape index (κ1) is 15.2. The first-order valence-corrected chi connectivity index (χ1v) is 8.33. The molecule has 1 aromatic heterocycles. The maximum atomic E-state index is 5.29. The van der Waals surface area contributed by atoms with E-state index in [9.17, 15) is 0 Å². The molecule has 0 saturated carbocycles. The van der Waals surface area contributed by atoms with E-state index in [0.29, 0.717) is 11.8 Å². The molecule has 1 N–H and O–H groups in total. The van der Waals surface area contributed by atoms with Gasteiger partial charge < -0.3 is 14.7 Å². The van der Waals surface area contributed by atoms with Crippen LogP contribution < -0.4 is 5.32 Å². The van der Waals surface area contributed by atoms with E-state index in [1.54, 1.807) is 0 Å². The van der Waals surface area contributed by atoms with Crippen molar-refractivity contribution in [2.45, 2.75) is 38.5 Å². The Morgan fingerprint density at radius 2 is 2.45 bits per heavy atom. The van der Waals surface area contributed by atoms with E-state index in [4.69, 9.17) is 4.52 Å². The van der Waals surface area contributed by atoms with Gasteiger partial charge in [0.1, 0.15) is 0 Å². The molecule has 20 heavy (non-hydrogen) atoms. The molecule has 5 nitrogen and oxygen atoms in total. The van der Waals surface area contributed by atoms with Crippen LogP contribution in [-0.2, 0) is 13.0 Å². The molecule has 1 aliphatic heterocycles. The van der Waals surface area contributed by atoms with Crippen molar-refractivity contribution in [3.05, 3.63) is 17.5 Å². The predicted octanol–water partition coefficient (Wildman–Crippen LogP) is 2.14. The Morgan fingerprint density at radius 3 is 3.10 bits per heavy atom. The molecule has 0 aliphatic carbocycles. The smallest absolute Gasteiger partial charge is 0.194 e.